The average Bonchev–Trinajstić information content (AvgIpc) is 2.88. The van der Waals surface area contributed by atoms with Crippen LogP contribution in [0.1, 0.15) is 31.0 Å². The smallest absolute Gasteiger partial charge is 0.268 e. The van der Waals surface area contributed by atoms with Gasteiger partial charge in [-0.25, -0.2) is 12.4 Å². The predicted molar refractivity (Wildman–Crippen MR) is 101 cm³/mol. The molecule has 1 radical (unpaired) electrons. The van der Waals surface area contributed by atoms with E-state index in [1.807, 2.05) is 30.3 Å². The van der Waals surface area contributed by atoms with E-state index in [9.17, 15) is 8.42 Å². The Bertz CT molecular complexity index is 999. The highest BCUT2D eigenvalue weighted by Gasteiger charge is 2.25. The van der Waals surface area contributed by atoms with E-state index in [0.717, 1.165) is 10.9 Å². The molecule has 0 bridgehead atoms. The van der Waals surface area contributed by atoms with Crippen LogP contribution in [0.5, 0.6) is 5.75 Å². The summed E-state index contributed by atoms with van der Waals surface area (Å²) in [6.45, 7) is 9.85. The van der Waals surface area contributed by atoms with Gasteiger partial charge in [0.2, 0.25) is 0 Å². The van der Waals surface area contributed by atoms with E-state index in [-0.39, 0.29) is 11.5 Å². The fourth-order valence-corrected chi connectivity index (χ4v) is 4.59. The second kappa shape index (κ2) is 6.56. The van der Waals surface area contributed by atoms with Gasteiger partial charge in [0.1, 0.15) is 5.75 Å². The number of aromatic nitrogens is 1. The van der Waals surface area contributed by atoms with Crippen molar-refractivity contribution in [1.29, 1.82) is 0 Å². The van der Waals surface area contributed by atoms with E-state index in [2.05, 4.69) is 20.8 Å². The van der Waals surface area contributed by atoms with Gasteiger partial charge in [-0.2, -0.15) is 0 Å². The largest absolute Gasteiger partial charge is 0.491 e. The van der Waals surface area contributed by atoms with Crippen LogP contribution in [0.15, 0.2) is 53.4 Å². The molecule has 4 nitrogen and oxygen atoms in total. The Morgan fingerprint density at radius 1 is 1.08 bits per heavy atom. The molecule has 5 heteroatoms. The Morgan fingerprint density at radius 3 is 2.32 bits per heavy atom. The molecule has 3 aromatic rings. The molecule has 0 spiro atoms. The third-order valence-electron chi connectivity index (χ3n) is 4.33. The van der Waals surface area contributed by atoms with Gasteiger partial charge in [0.05, 0.1) is 22.7 Å². The minimum atomic E-state index is -3.72. The van der Waals surface area contributed by atoms with E-state index in [0.29, 0.717) is 22.9 Å². The van der Waals surface area contributed by atoms with Gasteiger partial charge in [0.25, 0.3) is 10.0 Å². The maximum Gasteiger partial charge on any atom is 0.268 e. The van der Waals surface area contributed by atoms with Gasteiger partial charge in [0, 0.05) is 5.39 Å². The predicted octanol–water partition coefficient (Wildman–Crippen LogP) is 4.52. The van der Waals surface area contributed by atoms with Crippen molar-refractivity contribution >= 4 is 20.9 Å². The van der Waals surface area contributed by atoms with Crippen molar-refractivity contribution in [2.45, 2.75) is 31.6 Å². The summed E-state index contributed by atoms with van der Waals surface area (Å²) in [4.78, 5) is 0.266. The van der Waals surface area contributed by atoms with Gasteiger partial charge in [-0.1, -0.05) is 38.1 Å². The zero-order valence-electron chi connectivity index (χ0n) is 14.7. The Morgan fingerprint density at radius 2 is 1.72 bits per heavy atom. The number of benzene rings is 2. The number of rotatable bonds is 5. The van der Waals surface area contributed by atoms with Crippen molar-refractivity contribution in [3.05, 3.63) is 66.7 Å². The molecule has 0 amide bonds. The third kappa shape index (κ3) is 2.93. The highest BCUT2D eigenvalue weighted by atomic mass is 32.2. The van der Waals surface area contributed by atoms with Gasteiger partial charge < -0.3 is 4.74 Å². The second-order valence-corrected chi connectivity index (χ2v) is 8.06. The van der Waals surface area contributed by atoms with Gasteiger partial charge in [-0.15, -0.1) is 0 Å². The summed E-state index contributed by atoms with van der Waals surface area (Å²) < 4.78 is 33.5. The van der Waals surface area contributed by atoms with E-state index < -0.39 is 10.0 Å². The summed E-state index contributed by atoms with van der Waals surface area (Å²) >= 11 is 0. The minimum Gasteiger partial charge on any atom is -0.491 e. The lowest BCUT2D eigenvalue weighted by Gasteiger charge is -2.12. The quantitative estimate of drug-likeness (QED) is 0.675. The molecule has 1 aromatic heterocycles. The molecule has 3 rings (SSSR count). The van der Waals surface area contributed by atoms with Crippen LogP contribution in [0.2, 0.25) is 0 Å². The van der Waals surface area contributed by atoms with Crippen molar-refractivity contribution < 1.29 is 13.2 Å². The maximum absolute atomic E-state index is 13.3. The summed E-state index contributed by atoms with van der Waals surface area (Å²) in [5.41, 5.74) is 2.27. The van der Waals surface area contributed by atoms with Gasteiger partial charge >= 0.3 is 0 Å². The summed E-state index contributed by atoms with van der Waals surface area (Å²) in [6.07, 6.45) is 0. The van der Waals surface area contributed by atoms with Crippen molar-refractivity contribution in [2.24, 2.45) is 0 Å². The molecule has 0 N–H and O–H groups in total. The van der Waals surface area contributed by atoms with Crippen LogP contribution < -0.4 is 4.74 Å². The first-order valence-corrected chi connectivity index (χ1v) is 9.69. The minimum absolute atomic E-state index is 0.234. The zero-order chi connectivity index (χ0) is 18.2. The Kier molecular flexibility index (Phi) is 4.60. The van der Waals surface area contributed by atoms with Crippen LogP contribution >= 0.6 is 0 Å². The van der Waals surface area contributed by atoms with Crippen molar-refractivity contribution in [2.75, 3.05) is 6.61 Å². The van der Waals surface area contributed by atoms with E-state index in [1.54, 1.807) is 25.1 Å². The van der Waals surface area contributed by atoms with Crippen molar-refractivity contribution in [1.82, 2.24) is 3.97 Å². The number of hydrogen-bond donors (Lipinski definition) is 0. The van der Waals surface area contributed by atoms with Gasteiger partial charge in [-0.3, -0.25) is 0 Å². The van der Waals surface area contributed by atoms with Crippen molar-refractivity contribution in [3.8, 4) is 5.75 Å². The van der Waals surface area contributed by atoms with Crippen molar-refractivity contribution in [3.63, 3.8) is 0 Å². The summed E-state index contributed by atoms with van der Waals surface area (Å²) in [5, 5.41) is 0.769. The van der Waals surface area contributed by atoms with Crippen LogP contribution in [-0.2, 0) is 10.0 Å². The monoisotopic (exact) mass is 356 g/mol. The molecule has 1 heterocycles. The molecule has 0 aliphatic carbocycles. The number of nitrogens with zero attached hydrogens (tertiary/aromatic N) is 1. The maximum atomic E-state index is 13.3. The summed E-state index contributed by atoms with van der Waals surface area (Å²) in [6, 6.07) is 14.4. The van der Waals surface area contributed by atoms with Crippen LogP contribution in [-0.4, -0.2) is 19.0 Å². The lowest BCUT2D eigenvalue weighted by Crippen LogP contribution is -2.14. The number of para-hydroxylation sites is 1. The third-order valence-corrected chi connectivity index (χ3v) is 6.15. The normalized spacial score (nSPS) is 12.0. The number of ether oxygens (including phenoxy) is 1. The molecule has 0 aliphatic heterocycles. The second-order valence-electron chi connectivity index (χ2n) is 6.27. The van der Waals surface area contributed by atoms with E-state index in [4.69, 9.17) is 4.74 Å². The first-order chi connectivity index (χ1) is 11.9. The van der Waals surface area contributed by atoms with Crippen LogP contribution in [0.25, 0.3) is 10.9 Å². The molecule has 0 fully saturated rings. The Labute approximate surface area is 149 Å². The zero-order valence-corrected chi connectivity index (χ0v) is 15.5. The van der Waals surface area contributed by atoms with Crippen LogP contribution in [0.4, 0.5) is 0 Å². The number of hydrogen-bond acceptors (Lipinski definition) is 3. The van der Waals surface area contributed by atoms with Crippen LogP contribution in [0, 0.1) is 13.8 Å². The number of fused-ring (bicyclic) bond motifs is 1. The standard InChI is InChI=1S/C20H22NO3S/c1-5-24-20-15(4)21(19-9-7-6-8-18(19)20)25(22,23)17-12-10-16(11-13-17)14(2)3/h6-14H,1,5H2,2-4H3. The van der Waals surface area contributed by atoms with Gasteiger partial charge in [-0.05, 0) is 49.6 Å². The molecular formula is C20H22NO3S. The molecule has 0 aliphatic rings. The van der Waals surface area contributed by atoms with Gasteiger partial charge in [0.15, 0.2) is 0 Å². The topological polar surface area (TPSA) is 48.3 Å². The fraction of sp³-hybridized carbons (Fsp3) is 0.250. The van der Waals surface area contributed by atoms with Crippen LogP contribution in [0.3, 0.4) is 0 Å². The lowest BCUT2D eigenvalue weighted by molar-refractivity contribution is 0.362. The lowest BCUT2D eigenvalue weighted by atomic mass is 10.0. The SMILES string of the molecule is [CH2]COc1c(C)n(S(=O)(=O)c2ccc(C(C)C)cc2)c2ccccc12. The molecule has 0 saturated heterocycles. The molecule has 0 saturated carbocycles. The van der Waals surface area contributed by atoms with E-state index >= 15 is 0 Å². The first-order valence-electron chi connectivity index (χ1n) is 8.25. The molecule has 25 heavy (non-hydrogen) atoms. The fourth-order valence-electron chi connectivity index (χ4n) is 3.03. The molecular weight excluding hydrogens is 334 g/mol. The van der Waals surface area contributed by atoms with E-state index in [1.165, 1.54) is 3.97 Å². The molecule has 2 aromatic carbocycles. The highest BCUT2D eigenvalue weighted by Crippen LogP contribution is 2.35. The Balaban J connectivity index is 2.22. The first kappa shape index (κ1) is 17.5. The molecule has 0 atom stereocenters. The Hall–Kier alpha value is -2.27. The highest BCUT2D eigenvalue weighted by molar-refractivity contribution is 7.90. The molecule has 131 valence electrons. The molecule has 0 unspecified atom stereocenters. The average molecular weight is 356 g/mol. The summed E-state index contributed by atoms with van der Waals surface area (Å²) in [5.74, 6) is 0.913. The summed E-state index contributed by atoms with van der Waals surface area (Å²) in [7, 11) is -3.72.